The molecule has 2 aromatic rings. The number of benzodiazepines with no additional fused rings is 1. The Bertz CT molecular complexity index is 1410. The molecule has 2 aliphatic rings. The van der Waals surface area contributed by atoms with Crippen LogP contribution in [0.4, 0.5) is 16.2 Å². The van der Waals surface area contributed by atoms with E-state index in [9.17, 15) is 22.8 Å². The number of para-hydroxylation sites is 1. The third-order valence-corrected chi connectivity index (χ3v) is 8.27. The van der Waals surface area contributed by atoms with Gasteiger partial charge in [0.2, 0.25) is 12.1 Å². The van der Waals surface area contributed by atoms with Crippen LogP contribution in [0, 0.1) is 11.3 Å². The van der Waals surface area contributed by atoms with Crippen molar-refractivity contribution in [1.29, 1.82) is 0 Å². The van der Waals surface area contributed by atoms with Crippen molar-refractivity contribution in [2.24, 2.45) is 16.3 Å². The first-order valence-corrected chi connectivity index (χ1v) is 14.5. The van der Waals surface area contributed by atoms with Gasteiger partial charge in [-0.05, 0) is 37.1 Å². The zero-order valence-electron chi connectivity index (χ0n) is 22.7. The summed E-state index contributed by atoms with van der Waals surface area (Å²) in [5.41, 5.74) is 1.72. The molecule has 1 saturated carbocycles. The highest BCUT2D eigenvalue weighted by Gasteiger charge is 2.33. The molecule has 0 saturated heterocycles. The van der Waals surface area contributed by atoms with E-state index in [4.69, 9.17) is 4.99 Å². The number of anilines is 2. The van der Waals surface area contributed by atoms with Crippen molar-refractivity contribution in [2.75, 3.05) is 17.3 Å². The van der Waals surface area contributed by atoms with Crippen molar-refractivity contribution in [3.8, 4) is 0 Å². The van der Waals surface area contributed by atoms with E-state index in [0.717, 1.165) is 42.6 Å². The second-order valence-electron chi connectivity index (χ2n) is 11.0. The summed E-state index contributed by atoms with van der Waals surface area (Å²) < 4.78 is 27.5. The summed E-state index contributed by atoms with van der Waals surface area (Å²) in [4.78, 5) is 44.7. The smallest absolute Gasteiger partial charge is 0.311 e. The number of hydrogen-bond donors (Lipinski definition) is 3. The number of nitrogens with one attached hydrogen (secondary N) is 3. The van der Waals surface area contributed by atoms with Crippen LogP contribution < -0.4 is 20.3 Å². The number of carbonyl (C=O) groups is 3. The molecule has 10 nitrogen and oxygen atoms in total. The Balaban J connectivity index is 1.55. The number of amides is 4. The summed E-state index contributed by atoms with van der Waals surface area (Å²) >= 11 is 0. The number of fused-ring (bicyclic) bond motifs is 1. The molecule has 1 aliphatic heterocycles. The molecule has 11 heteroatoms. The summed E-state index contributed by atoms with van der Waals surface area (Å²) in [6.07, 6.45) is 4.13. The molecular formula is C28H35N5O5S. The van der Waals surface area contributed by atoms with Gasteiger partial charge in [-0.3, -0.25) is 14.6 Å². The standard InChI is InChI=1S/C28H35N5O5S/c1-28(2,3)26(35)32-39(37,38)20-14-10-13-19(17-20)29-27(36)31-24-25(34)33(4)22-16-9-8-15-21(22)23(30-24)18-11-6-5-7-12-18/h8-10,13-18,24H,5-7,11-12H2,1-4H3,(H,32,35)(H2,29,31,36)/t24-/m0/s1. The Morgan fingerprint density at radius 1 is 1.00 bits per heavy atom. The van der Waals surface area contributed by atoms with E-state index >= 15 is 0 Å². The van der Waals surface area contributed by atoms with Crippen molar-refractivity contribution in [2.45, 2.75) is 63.9 Å². The van der Waals surface area contributed by atoms with Gasteiger partial charge in [0.15, 0.2) is 0 Å². The van der Waals surface area contributed by atoms with Crippen LogP contribution in [0.25, 0.3) is 0 Å². The van der Waals surface area contributed by atoms with Gasteiger partial charge < -0.3 is 15.5 Å². The molecule has 0 spiro atoms. The van der Waals surface area contributed by atoms with E-state index in [1.54, 1.807) is 27.8 Å². The maximum atomic E-state index is 13.4. The second kappa shape index (κ2) is 11.2. The van der Waals surface area contributed by atoms with Gasteiger partial charge in [-0.2, -0.15) is 0 Å². The number of carbonyl (C=O) groups excluding carboxylic acids is 3. The minimum absolute atomic E-state index is 0.174. The summed E-state index contributed by atoms with van der Waals surface area (Å²) in [5.74, 6) is -0.844. The van der Waals surface area contributed by atoms with Gasteiger partial charge in [0.05, 0.1) is 16.3 Å². The Morgan fingerprint density at radius 3 is 2.38 bits per heavy atom. The molecule has 0 radical (unpaired) electrons. The SMILES string of the molecule is CN1C(=O)[C@H](NC(=O)Nc2cccc(S(=O)(=O)NC(=O)C(C)(C)C)c2)N=C(C2CCCCC2)c2ccccc21. The number of nitrogens with zero attached hydrogens (tertiary/aromatic N) is 2. The fraction of sp³-hybridized carbons (Fsp3) is 0.429. The van der Waals surface area contributed by atoms with Crippen molar-refractivity contribution in [1.82, 2.24) is 10.0 Å². The Labute approximate surface area is 229 Å². The van der Waals surface area contributed by atoms with Crippen LogP contribution in [0.1, 0.15) is 58.4 Å². The molecule has 4 amide bonds. The van der Waals surface area contributed by atoms with E-state index in [1.807, 2.05) is 24.3 Å². The van der Waals surface area contributed by atoms with E-state index in [-0.39, 0.29) is 22.4 Å². The van der Waals surface area contributed by atoms with Crippen molar-refractivity contribution in [3.63, 3.8) is 0 Å². The fourth-order valence-electron chi connectivity index (χ4n) is 4.71. The average Bonchev–Trinajstić information content (AvgIpc) is 2.99. The predicted molar refractivity (Wildman–Crippen MR) is 150 cm³/mol. The van der Waals surface area contributed by atoms with Gasteiger partial charge >= 0.3 is 6.03 Å². The van der Waals surface area contributed by atoms with Crippen LogP contribution in [0.2, 0.25) is 0 Å². The van der Waals surface area contributed by atoms with Crippen molar-refractivity contribution < 1.29 is 22.8 Å². The van der Waals surface area contributed by atoms with E-state index in [1.165, 1.54) is 35.6 Å². The third kappa shape index (κ3) is 6.47. The topological polar surface area (TPSA) is 137 Å². The first kappa shape index (κ1) is 28.3. The molecule has 3 N–H and O–H groups in total. The highest BCUT2D eigenvalue weighted by molar-refractivity contribution is 7.90. The van der Waals surface area contributed by atoms with Gasteiger partial charge in [-0.1, -0.05) is 64.3 Å². The van der Waals surface area contributed by atoms with E-state index < -0.39 is 33.5 Å². The van der Waals surface area contributed by atoms with Gasteiger partial charge in [0.25, 0.3) is 15.9 Å². The highest BCUT2D eigenvalue weighted by atomic mass is 32.2. The molecule has 4 rings (SSSR count). The number of aliphatic imine (C=N–C) groups is 1. The summed E-state index contributed by atoms with van der Waals surface area (Å²) in [5, 5.41) is 5.24. The normalized spacial score (nSPS) is 18.5. The van der Waals surface area contributed by atoms with Crippen LogP contribution in [0.3, 0.4) is 0 Å². The highest BCUT2D eigenvalue weighted by Crippen LogP contribution is 2.33. The largest absolute Gasteiger partial charge is 0.321 e. The number of urea groups is 1. The zero-order chi connectivity index (χ0) is 28.4. The van der Waals surface area contributed by atoms with Crippen LogP contribution in [-0.4, -0.2) is 45.2 Å². The summed E-state index contributed by atoms with van der Waals surface area (Å²) in [7, 11) is -2.49. The Hall–Kier alpha value is -3.73. The first-order chi connectivity index (χ1) is 18.4. The number of benzene rings is 2. The Morgan fingerprint density at radius 2 is 1.69 bits per heavy atom. The van der Waals surface area contributed by atoms with Gasteiger partial charge in [-0.25, -0.2) is 17.9 Å². The van der Waals surface area contributed by atoms with E-state index in [0.29, 0.717) is 0 Å². The Kier molecular flexibility index (Phi) is 8.10. The van der Waals surface area contributed by atoms with Crippen LogP contribution in [0.15, 0.2) is 58.4 Å². The van der Waals surface area contributed by atoms with Crippen LogP contribution >= 0.6 is 0 Å². The lowest BCUT2D eigenvalue weighted by Crippen LogP contribution is -2.47. The lowest BCUT2D eigenvalue weighted by molar-refractivity contribution is -0.126. The van der Waals surface area contributed by atoms with Crippen molar-refractivity contribution >= 4 is 45.0 Å². The monoisotopic (exact) mass is 553 g/mol. The fourth-order valence-corrected chi connectivity index (χ4v) is 5.92. The average molecular weight is 554 g/mol. The molecule has 0 aromatic heterocycles. The molecule has 39 heavy (non-hydrogen) atoms. The number of hydrogen-bond acceptors (Lipinski definition) is 6. The molecule has 2 aromatic carbocycles. The quantitative estimate of drug-likeness (QED) is 0.513. The lowest BCUT2D eigenvalue weighted by atomic mass is 9.83. The zero-order valence-corrected chi connectivity index (χ0v) is 23.5. The van der Waals surface area contributed by atoms with Gasteiger partial charge in [0, 0.05) is 29.6 Å². The van der Waals surface area contributed by atoms with Crippen LogP contribution in [0.5, 0.6) is 0 Å². The predicted octanol–water partition coefficient (Wildman–Crippen LogP) is 4.03. The molecule has 1 atom stereocenters. The van der Waals surface area contributed by atoms with E-state index in [2.05, 4.69) is 15.4 Å². The van der Waals surface area contributed by atoms with Crippen molar-refractivity contribution in [3.05, 3.63) is 54.1 Å². The van der Waals surface area contributed by atoms with Gasteiger partial charge in [0.1, 0.15) is 0 Å². The maximum absolute atomic E-state index is 13.4. The second-order valence-corrected chi connectivity index (χ2v) is 12.7. The molecule has 1 heterocycles. The molecule has 1 aliphatic carbocycles. The number of sulfonamides is 1. The molecule has 0 unspecified atom stereocenters. The molecule has 1 fully saturated rings. The first-order valence-electron chi connectivity index (χ1n) is 13.1. The maximum Gasteiger partial charge on any atom is 0.321 e. The summed E-state index contributed by atoms with van der Waals surface area (Å²) in [6.45, 7) is 4.81. The third-order valence-electron chi connectivity index (χ3n) is 6.94. The lowest BCUT2D eigenvalue weighted by Gasteiger charge is -2.25. The molecule has 208 valence electrons. The van der Waals surface area contributed by atoms with Gasteiger partial charge in [-0.15, -0.1) is 0 Å². The minimum atomic E-state index is -4.15. The number of rotatable bonds is 5. The minimum Gasteiger partial charge on any atom is -0.311 e. The molecule has 0 bridgehead atoms. The summed E-state index contributed by atoms with van der Waals surface area (Å²) in [6, 6.07) is 12.4. The molecular weight excluding hydrogens is 518 g/mol. The van der Waals surface area contributed by atoms with Crippen LogP contribution in [-0.2, 0) is 19.6 Å². The number of likely N-dealkylation sites (N-methyl/N-ethyl adjacent to an activating group) is 1.